The molecule has 3 heteroatoms. The largest absolute Gasteiger partial charge is 0.236 e. The van der Waals surface area contributed by atoms with Crippen molar-refractivity contribution in [2.75, 3.05) is 0 Å². The Hall–Kier alpha value is -1.19. The lowest BCUT2D eigenvalue weighted by molar-refractivity contribution is 1.47. The van der Waals surface area contributed by atoms with E-state index in [9.17, 15) is 0 Å². The first-order valence-electron chi connectivity index (χ1n) is 8.29. The van der Waals surface area contributed by atoms with E-state index < -0.39 is 18.1 Å². The van der Waals surface area contributed by atoms with Gasteiger partial charge in [-0.15, -0.1) is 11.3 Å². The molecule has 0 N–H and O–H groups in total. The smallest absolute Gasteiger partial charge is 0.124 e. The first-order valence-corrected chi connectivity index (χ1v) is 5.90. The third kappa shape index (κ3) is 1.66. The number of halogens is 1. The molecular weight excluding hydrogens is 282 g/mol. The number of hydrogen-bond donors (Lipinski definition) is 0. The number of fused-ring (bicyclic) bond motifs is 1. The third-order valence-electron chi connectivity index (χ3n) is 1.89. The van der Waals surface area contributed by atoms with Crippen LogP contribution < -0.4 is 0 Å². The summed E-state index contributed by atoms with van der Waals surface area (Å²) in [6.07, 6.45) is 0. The second-order valence-corrected chi connectivity index (χ2v) is 4.68. The molecule has 0 amide bonds. The third-order valence-corrected chi connectivity index (χ3v) is 3.84. The van der Waals surface area contributed by atoms with Crippen molar-refractivity contribution in [2.45, 2.75) is 0 Å². The zero-order chi connectivity index (χ0) is 17.9. The Morgan fingerprint density at radius 2 is 1.88 bits per heavy atom. The summed E-state index contributed by atoms with van der Waals surface area (Å²) < 4.78 is 63.4. The summed E-state index contributed by atoms with van der Waals surface area (Å²) in [5.41, 5.74) is 0.112. The molecule has 3 aromatic rings. The molecule has 0 radical (unpaired) electrons. The highest BCUT2D eigenvalue weighted by Crippen LogP contribution is 2.34. The van der Waals surface area contributed by atoms with Gasteiger partial charge >= 0.3 is 0 Å². The molecule has 1 aromatic heterocycles. The van der Waals surface area contributed by atoms with Gasteiger partial charge in [-0.1, -0.05) is 36.3 Å². The van der Waals surface area contributed by atoms with Gasteiger partial charge in [0.2, 0.25) is 0 Å². The van der Waals surface area contributed by atoms with Crippen molar-refractivity contribution in [2.24, 2.45) is 0 Å². The Morgan fingerprint density at radius 1 is 1.06 bits per heavy atom. The molecule has 0 aliphatic carbocycles. The minimum Gasteiger partial charge on any atom is -0.236 e. The van der Waals surface area contributed by atoms with Gasteiger partial charge in [0.25, 0.3) is 0 Å². The van der Waals surface area contributed by atoms with Gasteiger partial charge in [0, 0.05) is 10.0 Å². The van der Waals surface area contributed by atoms with Crippen LogP contribution in [-0.2, 0) is 0 Å². The number of rotatable bonds is 1. The summed E-state index contributed by atoms with van der Waals surface area (Å²) in [4.78, 5) is 4.21. The van der Waals surface area contributed by atoms with Crippen molar-refractivity contribution in [3.05, 3.63) is 52.8 Å². The molecule has 0 saturated carbocycles. The summed E-state index contributed by atoms with van der Waals surface area (Å²) in [7, 11) is 0. The van der Waals surface area contributed by atoms with Crippen LogP contribution in [0.3, 0.4) is 0 Å². The summed E-state index contributed by atoms with van der Waals surface area (Å²) in [5.74, 6) is 0. The Bertz CT molecular complexity index is 942. The molecule has 3 rings (SSSR count). The quantitative estimate of drug-likeness (QED) is 0.633. The van der Waals surface area contributed by atoms with E-state index in [0.29, 0.717) is 9.17 Å². The lowest BCUT2D eigenvalue weighted by atomic mass is 10.2. The number of thiazole rings is 1. The molecule has 0 fully saturated rings. The summed E-state index contributed by atoms with van der Waals surface area (Å²) in [6, 6.07) is -2.82. The number of hydrogen-bond acceptors (Lipinski definition) is 2. The van der Waals surface area contributed by atoms with E-state index in [0.717, 1.165) is 11.3 Å². The molecule has 0 aliphatic rings. The van der Waals surface area contributed by atoms with E-state index in [1.165, 1.54) is 0 Å². The average molecular weight is 298 g/mol. The summed E-state index contributed by atoms with van der Waals surface area (Å²) in [5, 5.41) is 0.154. The van der Waals surface area contributed by atoms with Gasteiger partial charge in [-0.05, 0) is 28.0 Å². The van der Waals surface area contributed by atoms with Crippen LogP contribution in [0.1, 0.15) is 11.0 Å². The van der Waals surface area contributed by atoms with Gasteiger partial charge in [0.1, 0.15) is 5.01 Å². The standard InChI is InChI=1S/C13H8BrNS/c14-10-7-4-8-11-12(10)16-13(15-11)9-5-2-1-3-6-9/h1-8H/i1D,2D,3D,4D,5D,6D,7D,8D. The van der Waals surface area contributed by atoms with Crippen molar-refractivity contribution in [1.82, 2.24) is 4.98 Å². The fraction of sp³-hybridized carbons (Fsp3) is 0. The summed E-state index contributed by atoms with van der Waals surface area (Å²) in [6.45, 7) is 0. The highest BCUT2D eigenvalue weighted by molar-refractivity contribution is 9.10. The summed E-state index contributed by atoms with van der Waals surface area (Å²) >= 11 is 4.23. The van der Waals surface area contributed by atoms with Crippen LogP contribution in [0.15, 0.2) is 52.8 Å². The molecule has 0 spiro atoms. The normalized spacial score (nSPS) is 17.8. The SMILES string of the molecule is [2H]c1c([2H])c([2H])c(-c2nc3c([2H])c([2H])c([2H])c(Br)c3s2)c([2H])c1[2H]. The first kappa shape index (κ1) is 4.59. The predicted octanol–water partition coefficient (Wildman–Crippen LogP) is 4.73. The molecule has 78 valence electrons. The number of nitrogens with zero attached hydrogens (tertiary/aromatic N) is 1. The molecule has 0 bridgehead atoms. The van der Waals surface area contributed by atoms with Crippen LogP contribution in [0.25, 0.3) is 20.8 Å². The van der Waals surface area contributed by atoms with Gasteiger partial charge in [-0.25, -0.2) is 4.98 Å². The van der Waals surface area contributed by atoms with Crippen molar-refractivity contribution < 1.29 is 11.0 Å². The maximum Gasteiger partial charge on any atom is 0.124 e. The van der Waals surface area contributed by atoms with Crippen LogP contribution in [0, 0.1) is 0 Å². The molecule has 16 heavy (non-hydrogen) atoms. The van der Waals surface area contributed by atoms with Crippen molar-refractivity contribution in [1.29, 1.82) is 0 Å². The van der Waals surface area contributed by atoms with Gasteiger partial charge in [0.05, 0.1) is 21.2 Å². The number of benzene rings is 2. The highest BCUT2D eigenvalue weighted by Gasteiger charge is 2.07. The van der Waals surface area contributed by atoms with E-state index in [2.05, 4.69) is 20.9 Å². The fourth-order valence-corrected chi connectivity index (χ4v) is 2.62. The van der Waals surface area contributed by atoms with Crippen LogP contribution in [-0.4, -0.2) is 4.98 Å². The van der Waals surface area contributed by atoms with E-state index >= 15 is 0 Å². The van der Waals surface area contributed by atoms with E-state index in [1.54, 1.807) is 0 Å². The monoisotopic (exact) mass is 297 g/mol. The molecule has 1 nitrogen and oxygen atoms in total. The van der Waals surface area contributed by atoms with Crippen molar-refractivity contribution in [3.8, 4) is 10.6 Å². The molecule has 0 unspecified atom stereocenters. The van der Waals surface area contributed by atoms with Gasteiger partial charge in [-0.3, -0.25) is 0 Å². The average Bonchev–Trinajstić information content (AvgIpc) is 2.99. The minimum atomic E-state index is -0.487. The second kappa shape index (κ2) is 4.00. The lowest BCUT2D eigenvalue weighted by Crippen LogP contribution is -1.73. The second-order valence-electron chi connectivity index (χ2n) is 2.89. The molecular formula is C13H8BrNS. The first-order chi connectivity index (χ1) is 11.2. The number of aromatic nitrogens is 1. The van der Waals surface area contributed by atoms with Crippen molar-refractivity contribution in [3.63, 3.8) is 0 Å². The Morgan fingerprint density at radius 3 is 2.69 bits per heavy atom. The van der Waals surface area contributed by atoms with E-state index in [4.69, 9.17) is 11.0 Å². The molecule has 1 heterocycles. The highest BCUT2D eigenvalue weighted by atomic mass is 79.9. The Balaban J connectivity index is 2.42. The molecule has 0 atom stereocenters. The maximum absolute atomic E-state index is 8.00. The minimum absolute atomic E-state index is 0.0495. The zero-order valence-electron chi connectivity index (χ0n) is 15.7. The van der Waals surface area contributed by atoms with E-state index in [-0.39, 0.29) is 46.3 Å². The van der Waals surface area contributed by atoms with Crippen molar-refractivity contribution >= 4 is 37.5 Å². The van der Waals surface area contributed by atoms with Gasteiger partial charge in [0.15, 0.2) is 0 Å². The fourth-order valence-electron chi connectivity index (χ4n) is 1.22. The topological polar surface area (TPSA) is 12.9 Å². The zero-order valence-corrected chi connectivity index (χ0v) is 10.1. The van der Waals surface area contributed by atoms with E-state index in [1.807, 2.05) is 0 Å². The van der Waals surface area contributed by atoms with Crippen LogP contribution in [0.2, 0.25) is 0 Å². The predicted molar refractivity (Wildman–Crippen MR) is 72.8 cm³/mol. The van der Waals surface area contributed by atoms with Crippen LogP contribution in [0.4, 0.5) is 0 Å². The van der Waals surface area contributed by atoms with Gasteiger partial charge in [-0.2, -0.15) is 0 Å². The molecule has 2 aromatic carbocycles. The van der Waals surface area contributed by atoms with Gasteiger partial charge < -0.3 is 0 Å². The molecule has 0 saturated heterocycles. The Kier molecular flexibility index (Phi) is 1.15. The van der Waals surface area contributed by atoms with Crippen LogP contribution >= 0.6 is 27.3 Å². The Labute approximate surface area is 117 Å². The maximum atomic E-state index is 8.00. The molecule has 0 aliphatic heterocycles. The lowest BCUT2D eigenvalue weighted by Gasteiger charge is -1.92. The van der Waals surface area contributed by atoms with Crippen LogP contribution in [0.5, 0.6) is 0 Å².